The molecule has 0 aromatic heterocycles. The van der Waals surface area contributed by atoms with Crippen LogP contribution in [-0.4, -0.2) is 48.9 Å². The van der Waals surface area contributed by atoms with Crippen molar-refractivity contribution >= 4 is 17.5 Å². The lowest BCUT2D eigenvalue weighted by molar-refractivity contribution is -0.125. The van der Waals surface area contributed by atoms with Gasteiger partial charge in [-0.3, -0.25) is 14.5 Å². The zero-order valence-electron chi connectivity index (χ0n) is 13.8. The van der Waals surface area contributed by atoms with Crippen molar-refractivity contribution in [2.45, 2.75) is 38.6 Å². The Kier molecular flexibility index (Phi) is 4.96. The number of likely N-dealkylation sites (tertiary alicyclic amines) is 1. The van der Waals surface area contributed by atoms with Gasteiger partial charge in [-0.05, 0) is 50.5 Å². The van der Waals surface area contributed by atoms with E-state index in [0.29, 0.717) is 13.0 Å². The van der Waals surface area contributed by atoms with Crippen molar-refractivity contribution in [1.29, 1.82) is 0 Å². The van der Waals surface area contributed by atoms with Gasteiger partial charge < -0.3 is 10.2 Å². The molecule has 1 N–H and O–H groups in total. The standard InChI is InChI=1S/C18H25N3O2/c1-14(22)21-16-8-3-2-7-15(16)13-17(21)18(23)19-9-6-12-20-10-4-5-11-20/h2-3,7-8,17H,4-6,9-13H2,1H3,(H,19,23)/t17-/m1/s1. The Morgan fingerprint density at radius 3 is 2.70 bits per heavy atom. The monoisotopic (exact) mass is 315 g/mol. The Balaban J connectivity index is 1.53. The van der Waals surface area contributed by atoms with Crippen LogP contribution in [0.25, 0.3) is 0 Å². The number of hydrogen-bond acceptors (Lipinski definition) is 3. The summed E-state index contributed by atoms with van der Waals surface area (Å²) < 4.78 is 0. The van der Waals surface area contributed by atoms with Gasteiger partial charge >= 0.3 is 0 Å². The molecule has 0 aliphatic carbocycles. The van der Waals surface area contributed by atoms with E-state index in [9.17, 15) is 9.59 Å². The predicted octanol–water partition coefficient (Wildman–Crippen LogP) is 1.57. The number of fused-ring (bicyclic) bond motifs is 1. The number of amides is 2. The van der Waals surface area contributed by atoms with E-state index in [0.717, 1.165) is 24.2 Å². The van der Waals surface area contributed by atoms with Crippen LogP contribution in [-0.2, 0) is 16.0 Å². The van der Waals surface area contributed by atoms with Crippen LogP contribution in [0.2, 0.25) is 0 Å². The van der Waals surface area contributed by atoms with Crippen LogP contribution >= 0.6 is 0 Å². The minimum atomic E-state index is -0.406. The number of anilines is 1. The van der Waals surface area contributed by atoms with Gasteiger partial charge in [0, 0.05) is 25.6 Å². The first-order chi connectivity index (χ1) is 11.2. The van der Waals surface area contributed by atoms with Gasteiger partial charge in [0.25, 0.3) is 0 Å². The van der Waals surface area contributed by atoms with E-state index in [2.05, 4.69) is 10.2 Å². The van der Waals surface area contributed by atoms with Crippen molar-refractivity contribution in [3.8, 4) is 0 Å². The van der Waals surface area contributed by atoms with Gasteiger partial charge in [0.1, 0.15) is 6.04 Å². The van der Waals surface area contributed by atoms with Gasteiger partial charge in [0.2, 0.25) is 11.8 Å². The number of para-hydroxylation sites is 1. The Labute approximate surface area is 137 Å². The van der Waals surface area contributed by atoms with Crippen molar-refractivity contribution in [3.63, 3.8) is 0 Å². The molecule has 0 radical (unpaired) electrons. The lowest BCUT2D eigenvalue weighted by Crippen LogP contribution is -2.47. The maximum absolute atomic E-state index is 12.5. The highest BCUT2D eigenvalue weighted by molar-refractivity contribution is 6.02. The van der Waals surface area contributed by atoms with Crippen molar-refractivity contribution in [2.24, 2.45) is 0 Å². The van der Waals surface area contributed by atoms with Crippen molar-refractivity contribution in [1.82, 2.24) is 10.2 Å². The smallest absolute Gasteiger partial charge is 0.243 e. The van der Waals surface area contributed by atoms with Crippen LogP contribution in [0.15, 0.2) is 24.3 Å². The van der Waals surface area contributed by atoms with E-state index in [4.69, 9.17) is 0 Å². The van der Waals surface area contributed by atoms with Crippen LogP contribution in [0.1, 0.15) is 31.7 Å². The predicted molar refractivity (Wildman–Crippen MR) is 90.4 cm³/mol. The highest BCUT2D eigenvalue weighted by Crippen LogP contribution is 2.32. The molecule has 1 atom stereocenters. The Hall–Kier alpha value is -1.88. The molecule has 2 heterocycles. The lowest BCUT2D eigenvalue weighted by Gasteiger charge is -2.23. The van der Waals surface area contributed by atoms with Crippen LogP contribution in [0.5, 0.6) is 0 Å². The first-order valence-electron chi connectivity index (χ1n) is 8.54. The van der Waals surface area contributed by atoms with Gasteiger partial charge in [-0.25, -0.2) is 0 Å². The zero-order valence-corrected chi connectivity index (χ0v) is 13.8. The largest absolute Gasteiger partial charge is 0.354 e. The number of rotatable bonds is 5. The van der Waals surface area contributed by atoms with Crippen LogP contribution in [0.3, 0.4) is 0 Å². The second-order valence-electron chi connectivity index (χ2n) is 6.43. The molecule has 1 saturated heterocycles. The molecule has 3 rings (SSSR count). The number of nitrogens with zero attached hydrogens (tertiary/aromatic N) is 2. The lowest BCUT2D eigenvalue weighted by atomic mass is 10.1. The molecule has 1 aromatic rings. The van der Waals surface area contributed by atoms with Gasteiger partial charge in [-0.2, -0.15) is 0 Å². The fourth-order valence-corrected chi connectivity index (χ4v) is 3.62. The molecule has 2 aliphatic heterocycles. The maximum Gasteiger partial charge on any atom is 0.243 e. The van der Waals surface area contributed by atoms with Crippen LogP contribution < -0.4 is 10.2 Å². The highest BCUT2D eigenvalue weighted by Gasteiger charge is 2.36. The van der Waals surface area contributed by atoms with E-state index in [1.54, 1.807) is 4.90 Å². The minimum Gasteiger partial charge on any atom is -0.354 e. The van der Waals surface area contributed by atoms with E-state index in [1.807, 2.05) is 24.3 Å². The third-order valence-electron chi connectivity index (χ3n) is 4.77. The molecule has 0 spiro atoms. The molecule has 5 heteroatoms. The summed E-state index contributed by atoms with van der Waals surface area (Å²) >= 11 is 0. The van der Waals surface area contributed by atoms with Gasteiger partial charge in [0.15, 0.2) is 0 Å². The Morgan fingerprint density at radius 2 is 1.96 bits per heavy atom. The van der Waals surface area contributed by atoms with Gasteiger partial charge in [-0.15, -0.1) is 0 Å². The summed E-state index contributed by atoms with van der Waals surface area (Å²) in [5, 5.41) is 3.01. The number of carbonyl (C=O) groups is 2. The average molecular weight is 315 g/mol. The van der Waals surface area contributed by atoms with Crippen LogP contribution in [0, 0.1) is 0 Å². The summed E-state index contributed by atoms with van der Waals surface area (Å²) in [6.45, 7) is 5.61. The van der Waals surface area contributed by atoms with E-state index < -0.39 is 6.04 Å². The molecular weight excluding hydrogens is 290 g/mol. The molecule has 2 aliphatic rings. The summed E-state index contributed by atoms with van der Waals surface area (Å²) in [5.74, 6) is -0.120. The summed E-state index contributed by atoms with van der Waals surface area (Å²) in [6.07, 6.45) is 4.15. The molecule has 1 aromatic carbocycles. The number of nitrogens with one attached hydrogen (secondary N) is 1. The summed E-state index contributed by atoms with van der Waals surface area (Å²) in [5.41, 5.74) is 1.94. The molecule has 0 saturated carbocycles. The molecule has 0 bridgehead atoms. The van der Waals surface area contributed by atoms with E-state index in [-0.39, 0.29) is 11.8 Å². The number of carbonyl (C=O) groups excluding carboxylic acids is 2. The molecule has 1 fully saturated rings. The average Bonchev–Trinajstić information content (AvgIpc) is 3.18. The van der Waals surface area contributed by atoms with Crippen molar-refractivity contribution in [3.05, 3.63) is 29.8 Å². The zero-order chi connectivity index (χ0) is 16.2. The third-order valence-corrected chi connectivity index (χ3v) is 4.77. The number of hydrogen-bond donors (Lipinski definition) is 1. The molecule has 0 unspecified atom stereocenters. The van der Waals surface area contributed by atoms with Gasteiger partial charge in [0.05, 0.1) is 0 Å². The summed E-state index contributed by atoms with van der Waals surface area (Å²) in [7, 11) is 0. The maximum atomic E-state index is 12.5. The summed E-state index contributed by atoms with van der Waals surface area (Å²) in [4.78, 5) is 28.5. The van der Waals surface area contributed by atoms with Crippen LogP contribution in [0.4, 0.5) is 5.69 Å². The van der Waals surface area contributed by atoms with E-state index >= 15 is 0 Å². The topological polar surface area (TPSA) is 52.7 Å². The molecular formula is C18H25N3O2. The molecule has 2 amide bonds. The van der Waals surface area contributed by atoms with Gasteiger partial charge in [-0.1, -0.05) is 18.2 Å². The molecule has 5 nitrogen and oxygen atoms in total. The second-order valence-corrected chi connectivity index (χ2v) is 6.43. The van der Waals surface area contributed by atoms with E-state index in [1.165, 1.54) is 32.9 Å². The SMILES string of the molecule is CC(=O)N1c2ccccc2C[C@@H]1C(=O)NCCCN1CCCC1. The first kappa shape index (κ1) is 16.0. The molecule has 23 heavy (non-hydrogen) atoms. The fourth-order valence-electron chi connectivity index (χ4n) is 3.62. The Morgan fingerprint density at radius 1 is 1.22 bits per heavy atom. The summed E-state index contributed by atoms with van der Waals surface area (Å²) in [6, 6.07) is 7.36. The number of benzene rings is 1. The second kappa shape index (κ2) is 7.13. The fraction of sp³-hybridized carbons (Fsp3) is 0.556. The quantitative estimate of drug-likeness (QED) is 0.839. The first-order valence-corrected chi connectivity index (χ1v) is 8.54. The highest BCUT2D eigenvalue weighted by atomic mass is 16.2. The van der Waals surface area contributed by atoms with Crippen molar-refractivity contribution in [2.75, 3.05) is 31.1 Å². The third kappa shape index (κ3) is 3.55. The minimum absolute atomic E-state index is 0.0437. The molecule has 124 valence electrons. The van der Waals surface area contributed by atoms with Crippen molar-refractivity contribution < 1.29 is 9.59 Å². The normalized spacial score (nSPS) is 20.6. The Bertz CT molecular complexity index is 581.